The van der Waals surface area contributed by atoms with Crippen LogP contribution < -0.4 is 4.90 Å². The molecule has 9 heteroatoms. The third-order valence-electron chi connectivity index (χ3n) is 7.43. The number of pyridine rings is 1. The molecular formula is C27H32ClN5O2S. The largest absolute Gasteiger partial charge is 0.338 e. The standard InChI is InChI=1S/C27H32ClN5O2S/c1-19(26(34)32-15-13-31(14-16-32)22-7-11-30(2)12-8-22)33(23-5-9-29-10-6-23)27(35)25-17-20-3-4-21(28)18-24(20)36-25/h3-6,9-10,17-19,22H,7-8,11-16H2,1-2H3/t19-/m1/s1. The molecule has 1 aromatic carbocycles. The van der Waals surface area contributed by atoms with Gasteiger partial charge in [-0.25, -0.2) is 0 Å². The molecule has 2 aliphatic heterocycles. The molecule has 2 amide bonds. The first kappa shape index (κ1) is 25.1. The number of anilines is 1. The van der Waals surface area contributed by atoms with Crippen molar-refractivity contribution in [2.75, 3.05) is 51.2 Å². The zero-order valence-corrected chi connectivity index (χ0v) is 22.3. The van der Waals surface area contributed by atoms with Gasteiger partial charge >= 0.3 is 0 Å². The molecule has 0 radical (unpaired) electrons. The highest BCUT2D eigenvalue weighted by atomic mass is 35.5. The minimum absolute atomic E-state index is 0.0210. The molecule has 4 heterocycles. The molecule has 2 fully saturated rings. The van der Waals surface area contributed by atoms with Crippen LogP contribution in [0.1, 0.15) is 29.4 Å². The van der Waals surface area contributed by atoms with E-state index < -0.39 is 6.04 Å². The fraction of sp³-hybridized carbons (Fsp3) is 0.444. The molecule has 3 aromatic rings. The Morgan fingerprint density at radius 2 is 1.72 bits per heavy atom. The molecule has 190 valence electrons. The average molecular weight is 526 g/mol. The number of thiophene rings is 1. The van der Waals surface area contributed by atoms with Crippen molar-refractivity contribution in [1.82, 2.24) is 19.7 Å². The molecule has 2 saturated heterocycles. The molecule has 2 aliphatic rings. The van der Waals surface area contributed by atoms with Gasteiger partial charge in [0, 0.05) is 60.0 Å². The Kier molecular flexibility index (Phi) is 7.57. The van der Waals surface area contributed by atoms with Crippen molar-refractivity contribution < 1.29 is 9.59 Å². The second-order valence-corrected chi connectivity index (χ2v) is 11.3. The van der Waals surface area contributed by atoms with E-state index in [2.05, 4.69) is 21.8 Å². The van der Waals surface area contributed by atoms with Gasteiger partial charge < -0.3 is 9.80 Å². The number of fused-ring (bicyclic) bond motifs is 1. The van der Waals surface area contributed by atoms with Gasteiger partial charge in [-0.2, -0.15) is 0 Å². The summed E-state index contributed by atoms with van der Waals surface area (Å²) in [4.78, 5) is 40.6. The summed E-state index contributed by atoms with van der Waals surface area (Å²) < 4.78 is 0.949. The summed E-state index contributed by atoms with van der Waals surface area (Å²) >= 11 is 7.56. The van der Waals surface area contributed by atoms with E-state index in [0.29, 0.717) is 34.7 Å². The van der Waals surface area contributed by atoms with E-state index in [1.807, 2.05) is 36.1 Å². The zero-order valence-electron chi connectivity index (χ0n) is 20.8. The monoisotopic (exact) mass is 525 g/mol. The third-order valence-corrected chi connectivity index (χ3v) is 8.75. The molecule has 1 atom stereocenters. The molecule has 2 aromatic heterocycles. The fourth-order valence-corrected chi connectivity index (χ4v) is 6.57. The van der Waals surface area contributed by atoms with E-state index in [4.69, 9.17) is 11.6 Å². The van der Waals surface area contributed by atoms with Crippen LogP contribution in [0.25, 0.3) is 10.1 Å². The number of carbonyl (C=O) groups is 2. The first-order chi connectivity index (χ1) is 17.4. The number of piperidine rings is 1. The summed E-state index contributed by atoms with van der Waals surface area (Å²) in [5, 5.41) is 1.60. The predicted octanol–water partition coefficient (Wildman–Crippen LogP) is 4.22. The number of piperazine rings is 1. The third kappa shape index (κ3) is 5.27. The number of benzene rings is 1. The van der Waals surface area contributed by atoms with Crippen molar-refractivity contribution >= 4 is 50.5 Å². The van der Waals surface area contributed by atoms with Crippen LogP contribution in [0.2, 0.25) is 5.02 Å². The molecule has 0 spiro atoms. The van der Waals surface area contributed by atoms with Crippen molar-refractivity contribution in [3.63, 3.8) is 0 Å². The van der Waals surface area contributed by atoms with Gasteiger partial charge in [0.1, 0.15) is 6.04 Å². The van der Waals surface area contributed by atoms with Crippen molar-refractivity contribution in [3.8, 4) is 0 Å². The second-order valence-electron chi connectivity index (χ2n) is 9.75. The van der Waals surface area contributed by atoms with Gasteiger partial charge in [-0.15, -0.1) is 11.3 Å². The lowest BCUT2D eigenvalue weighted by Gasteiger charge is -2.43. The summed E-state index contributed by atoms with van der Waals surface area (Å²) in [6.45, 7) is 7.24. The van der Waals surface area contributed by atoms with Gasteiger partial charge in [-0.05, 0) is 75.6 Å². The number of hydrogen-bond acceptors (Lipinski definition) is 6. The normalized spacial score (nSPS) is 18.9. The van der Waals surface area contributed by atoms with Gasteiger partial charge in [0.15, 0.2) is 0 Å². The van der Waals surface area contributed by atoms with Gasteiger partial charge in [-0.1, -0.05) is 17.7 Å². The van der Waals surface area contributed by atoms with Crippen LogP contribution in [0.4, 0.5) is 5.69 Å². The van der Waals surface area contributed by atoms with Crippen LogP contribution in [0.5, 0.6) is 0 Å². The molecule has 0 N–H and O–H groups in total. The van der Waals surface area contributed by atoms with E-state index in [1.165, 1.54) is 24.2 Å². The average Bonchev–Trinajstić information content (AvgIpc) is 3.33. The van der Waals surface area contributed by atoms with E-state index in [9.17, 15) is 9.59 Å². The maximum absolute atomic E-state index is 13.8. The lowest BCUT2D eigenvalue weighted by atomic mass is 10.0. The zero-order chi connectivity index (χ0) is 25.2. The van der Waals surface area contributed by atoms with Crippen molar-refractivity contribution in [3.05, 3.63) is 58.7 Å². The molecular weight excluding hydrogens is 494 g/mol. The molecule has 7 nitrogen and oxygen atoms in total. The van der Waals surface area contributed by atoms with E-state index in [-0.39, 0.29) is 11.8 Å². The maximum Gasteiger partial charge on any atom is 0.269 e. The minimum Gasteiger partial charge on any atom is -0.338 e. The van der Waals surface area contributed by atoms with Gasteiger partial charge in [0.2, 0.25) is 5.91 Å². The molecule has 0 aliphatic carbocycles. The summed E-state index contributed by atoms with van der Waals surface area (Å²) in [6.07, 6.45) is 5.67. The minimum atomic E-state index is -0.636. The van der Waals surface area contributed by atoms with E-state index >= 15 is 0 Å². The molecule has 0 bridgehead atoms. The summed E-state index contributed by atoms with van der Waals surface area (Å²) in [5.74, 6) is -0.211. The number of amides is 2. The Morgan fingerprint density at radius 1 is 1.03 bits per heavy atom. The summed E-state index contributed by atoms with van der Waals surface area (Å²) in [6, 6.07) is 11.0. The second kappa shape index (κ2) is 10.8. The maximum atomic E-state index is 13.8. The number of carbonyl (C=O) groups excluding carboxylic acids is 2. The molecule has 36 heavy (non-hydrogen) atoms. The SMILES string of the molecule is C[C@H](C(=O)N1CCN(C2CCN(C)CC2)CC1)N(C(=O)c1cc2ccc(Cl)cc2s1)c1ccncc1. The number of rotatable bonds is 5. The number of aromatic nitrogens is 1. The number of likely N-dealkylation sites (tertiary alicyclic amines) is 1. The van der Waals surface area contributed by atoms with Crippen LogP contribution in [0.15, 0.2) is 48.8 Å². The quantitative estimate of drug-likeness (QED) is 0.499. The van der Waals surface area contributed by atoms with Crippen molar-refractivity contribution in [1.29, 1.82) is 0 Å². The Labute approximate surface area is 221 Å². The van der Waals surface area contributed by atoms with Crippen LogP contribution in [-0.2, 0) is 4.79 Å². The molecule has 5 rings (SSSR count). The molecule has 0 unspecified atom stereocenters. The lowest BCUT2D eigenvalue weighted by molar-refractivity contribution is -0.134. The summed E-state index contributed by atoms with van der Waals surface area (Å²) in [5.41, 5.74) is 0.663. The number of hydrogen-bond donors (Lipinski definition) is 0. The lowest BCUT2D eigenvalue weighted by Crippen LogP contribution is -2.57. The summed E-state index contributed by atoms with van der Waals surface area (Å²) in [7, 11) is 2.18. The Bertz CT molecular complexity index is 1220. The van der Waals surface area contributed by atoms with Crippen LogP contribution >= 0.6 is 22.9 Å². The van der Waals surface area contributed by atoms with Crippen LogP contribution in [0.3, 0.4) is 0 Å². The van der Waals surface area contributed by atoms with Crippen molar-refractivity contribution in [2.24, 2.45) is 0 Å². The topological polar surface area (TPSA) is 60.0 Å². The number of nitrogens with zero attached hydrogens (tertiary/aromatic N) is 5. The van der Waals surface area contributed by atoms with Gasteiger partial charge in [0.25, 0.3) is 5.91 Å². The van der Waals surface area contributed by atoms with Crippen LogP contribution in [0, 0.1) is 0 Å². The Hall–Kier alpha value is -2.52. The van der Waals surface area contributed by atoms with Crippen molar-refractivity contribution in [2.45, 2.75) is 31.8 Å². The Balaban J connectivity index is 1.33. The first-order valence-corrected chi connectivity index (χ1v) is 13.7. The predicted molar refractivity (Wildman–Crippen MR) is 146 cm³/mol. The Morgan fingerprint density at radius 3 is 2.42 bits per heavy atom. The smallest absolute Gasteiger partial charge is 0.269 e. The van der Waals surface area contributed by atoms with Crippen LogP contribution in [-0.4, -0.2) is 89.9 Å². The highest BCUT2D eigenvalue weighted by Gasteiger charge is 2.34. The fourth-order valence-electron chi connectivity index (χ4n) is 5.29. The van der Waals surface area contributed by atoms with Gasteiger partial charge in [0.05, 0.1) is 4.88 Å². The molecule has 0 saturated carbocycles. The van der Waals surface area contributed by atoms with E-state index in [0.717, 1.165) is 36.3 Å². The first-order valence-electron chi connectivity index (χ1n) is 12.5. The highest BCUT2D eigenvalue weighted by molar-refractivity contribution is 7.21. The highest BCUT2D eigenvalue weighted by Crippen LogP contribution is 2.31. The van der Waals surface area contributed by atoms with Gasteiger partial charge in [-0.3, -0.25) is 24.4 Å². The van der Waals surface area contributed by atoms with E-state index in [1.54, 1.807) is 29.4 Å². The number of halogens is 1.